The van der Waals surface area contributed by atoms with Crippen molar-refractivity contribution in [2.75, 3.05) is 46.2 Å². The Labute approximate surface area is 185 Å². The summed E-state index contributed by atoms with van der Waals surface area (Å²) in [5.41, 5.74) is 5.13. The zero-order chi connectivity index (χ0) is 21.8. The summed E-state index contributed by atoms with van der Waals surface area (Å²) in [6.45, 7) is 5.41. The molecule has 0 fully saturated rings. The third-order valence-corrected chi connectivity index (χ3v) is 6.97. The number of benzene rings is 2. The number of rotatable bonds is 4. The largest absolute Gasteiger partial charge is 0.365 e. The van der Waals surface area contributed by atoms with Crippen LogP contribution in [-0.2, 0) is 16.4 Å². The van der Waals surface area contributed by atoms with Gasteiger partial charge in [-0.15, -0.1) is 0 Å². The highest BCUT2D eigenvalue weighted by Crippen LogP contribution is 2.26. The quantitative estimate of drug-likeness (QED) is 0.691. The van der Waals surface area contributed by atoms with E-state index >= 15 is 0 Å². The van der Waals surface area contributed by atoms with Crippen LogP contribution in [0, 0.1) is 11.8 Å². The molecule has 5 nitrogen and oxygen atoms in total. The number of hydrogen-bond donors (Lipinski definition) is 0. The average molecular weight is 436 g/mol. The van der Waals surface area contributed by atoms with Crippen LogP contribution >= 0.6 is 0 Å². The van der Waals surface area contributed by atoms with Gasteiger partial charge in [-0.05, 0) is 35.4 Å². The molecule has 6 heteroatoms. The van der Waals surface area contributed by atoms with Crippen LogP contribution in [-0.4, -0.2) is 69.3 Å². The molecule has 2 aromatic rings. The number of hydrogen-bond acceptors (Lipinski definition) is 5. The van der Waals surface area contributed by atoms with Crippen molar-refractivity contribution in [3.8, 4) is 11.8 Å². The predicted octanol–water partition coefficient (Wildman–Crippen LogP) is 2.81. The monoisotopic (exact) mass is 435 g/mol. The van der Waals surface area contributed by atoms with E-state index in [1.54, 1.807) is 12.1 Å². The molecule has 162 valence electrons. The van der Waals surface area contributed by atoms with Gasteiger partial charge in [0.1, 0.15) is 0 Å². The van der Waals surface area contributed by atoms with Crippen LogP contribution in [0.5, 0.6) is 0 Å². The van der Waals surface area contributed by atoms with Gasteiger partial charge in [0.2, 0.25) is 0 Å². The summed E-state index contributed by atoms with van der Waals surface area (Å²) in [4.78, 5) is 7.56. The van der Waals surface area contributed by atoms with Gasteiger partial charge in [-0.1, -0.05) is 42.2 Å². The van der Waals surface area contributed by atoms with E-state index in [-0.39, 0.29) is 0 Å². The maximum absolute atomic E-state index is 11.7. The Morgan fingerprint density at radius 1 is 0.968 bits per heavy atom. The fourth-order valence-corrected chi connectivity index (χ4v) is 4.93. The second-order valence-electron chi connectivity index (χ2n) is 8.42. The summed E-state index contributed by atoms with van der Waals surface area (Å²) >= 11 is 0. The molecule has 2 aliphatic rings. The molecule has 0 bridgehead atoms. The van der Waals surface area contributed by atoms with E-state index in [9.17, 15) is 8.42 Å². The summed E-state index contributed by atoms with van der Waals surface area (Å²) in [7, 11) is -0.989. The zero-order valence-electron chi connectivity index (χ0n) is 18.2. The van der Waals surface area contributed by atoms with Gasteiger partial charge >= 0.3 is 0 Å². The Balaban J connectivity index is 1.38. The molecule has 4 rings (SSSR count). The molecule has 0 saturated carbocycles. The minimum atomic E-state index is -3.15. The van der Waals surface area contributed by atoms with Crippen molar-refractivity contribution in [1.82, 2.24) is 14.7 Å². The lowest BCUT2D eigenvalue weighted by molar-refractivity contribution is 0.137. The molecule has 0 unspecified atom stereocenters. The molecule has 0 aromatic heterocycles. The summed E-state index contributed by atoms with van der Waals surface area (Å²) in [5, 5.41) is 0. The predicted molar refractivity (Wildman–Crippen MR) is 124 cm³/mol. The smallest absolute Gasteiger partial charge is 0.175 e. The van der Waals surface area contributed by atoms with Crippen LogP contribution in [0.2, 0.25) is 0 Å². The number of nitrogens with zero attached hydrogens (tertiary/aromatic N) is 3. The SMILES string of the molecule is CN1CN(Cc2ccc(S(C)(=O)=O)cc2)CC2=C1CCN(CC#Cc1ccccc1)C2. The van der Waals surface area contributed by atoms with Crippen molar-refractivity contribution < 1.29 is 8.42 Å². The second kappa shape index (κ2) is 9.27. The van der Waals surface area contributed by atoms with Crippen LogP contribution < -0.4 is 0 Å². The van der Waals surface area contributed by atoms with Crippen molar-refractivity contribution in [1.29, 1.82) is 0 Å². The van der Waals surface area contributed by atoms with Gasteiger partial charge in [-0.2, -0.15) is 0 Å². The van der Waals surface area contributed by atoms with Crippen LogP contribution in [0.1, 0.15) is 17.5 Å². The van der Waals surface area contributed by atoms with Crippen molar-refractivity contribution in [3.63, 3.8) is 0 Å². The highest BCUT2D eigenvalue weighted by Gasteiger charge is 2.27. The summed E-state index contributed by atoms with van der Waals surface area (Å²) in [6.07, 6.45) is 2.31. The van der Waals surface area contributed by atoms with E-state index in [1.165, 1.54) is 17.5 Å². The first kappa shape index (κ1) is 21.6. The molecule has 0 aliphatic carbocycles. The lowest BCUT2D eigenvalue weighted by atomic mass is 10.0. The normalized spacial score (nSPS) is 17.8. The van der Waals surface area contributed by atoms with Crippen molar-refractivity contribution >= 4 is 9.84 Å². The van der Waals surface area contributed by atoms with E-state index in [4.69, 9.17) is 0 Å². The van der Waals surface area contributed by atoms with Crippen molar-refractivity contribution in [2.45, 2.75) is 17.9 Å². The first-order chi connectivity index (χ1) is 14.9. The molecule has 0 N–H and O–H groups in total. The van der Waals surface area contributed by atoms with Gasteiger partial charge in [0.05, 0.1) is 18.1 Å². The van der Waals surface area contributed by atoms with E-state index in [2.05, 4.69) is 33.6 Å². The summed E-state index contributed by atoms with van der Waals surface area (Å²) < 4.78 is 23.4. The standard InChI is InChI=1S/C25H29N3O2S/c1-26-20-28(17-22-10-12-24(13-11-22)31(2,29)30)19-23-18-27(16-14-25(23)26)15-6-9-21-7-4-3-5-8-21/h3-5,7-8,10-13H,14-20H2,1-2H3. The third-order valence-electron chi connectivity index (χ3n) is 5.84. The Bertz CT molecular complexity index is 1110. The van der Waals surface area contributed by atoms with Crippen molar-refractivity contribution in [3.05, 3.63) is 77.0 Å². The van der Waals surface area contributed by atoms with Crippen LogP contribution in [0.25, 0.3) is 0 Å². The molecule has 0 radical (unpaired) electrons. The van der Waals surface area contributed by atoms with Crippen LogP contribution in [0.4, 0.5) is 0 Å². The molecule has 0 atom stereocenters. The summed E-state index contributed by atoms with van der Waals surface area (Å²) in [5.74, 6) is 6.58. The molecule has 31 heavy (non-hydrogen) atoms. The molecule has 0 amide bonds. The van der Waals surface area contributed by atoms with Gasteiger partial charge in [-0.25, -0.2) is 8.42 Å². The average Bonchev–Trinajstić information content (AvgIpc) is 2.74. The van der Waals surface area contributed by atoms with E-state index < -0.39 is 9.84 Å². The fourth-order valence-electron chi connectivity index (χ4n) is 4.30. The molecular formula is C25H29N3O2S. The summed E-state index contributed by atoms with van der Waals surface area (Å²) in [6, 6.07) is 17.4. The Kier molecular flexibility index (Phi) is 6.47. The highest BCUT2D eigenvalue weighted by molar-refractivity contribution is 7.90. The van der Waals surface area contributed by atoms with Gasteiger partial charge in [0.25, 0.3) is 0 Å². The minimum absolute atomic E-state index is 0.372. The minimum Gasteiger partial charge on any atom is -0.365 e. The molecule has 2 aromatic carbocycles. The topological polar surface area (TPSA) is 43.9 Å². The van der Waals surface area contributed by atoms with Gasteiger partial charge < -0.3 is 4.90 Å². The van der Waals surface area contributed by atoms with Crippen molar-refractivity contribution in [2.24, 2.45) is 0 Å². The second-order valence-corrected chi connectivity index (χ2v) is 10.4. The maximum Gasteiger partial charge on any atom is 0.175 e. The Morgan fingerprint density at radius 2 is 1.68 bits per heavy atom. The Morgan fingerprint density at radius 3 is 2.39 bits per heavy atom. The first-order valence-electron chi connectivity index (χ1n) is 10.6. The van der Waals surface area contributed by atoms with Gasteiger partial charge in [0, 0.05) is 57.2 Å². The van der Waals surface area contributed by atoms with Gasteiger partial charge in [0.15, 0.2) is 9.84 Å². The number of sulfone groups is 1. The van der Waals surface area contributed by atoms with E-state index in [0.717, 1.165) is 56.9 Å². The van der Waals surface area contributed by atoms with E-state index in [1.807, 2.05) is 42.5 Å². The van der Waals surface area contributed by atoms with E-state index in [0.29, 0.717) is 4.90 Å². The van der Waals surface area contributed by atoms with Gasteiger partial charge in [-0.3, -0.25) is 9.80 Å². The van der Waals surface area contributed by atoms with Crippen LogP contribution in [0.15, 0.2) is 70.8 Å². The molecule has 2 heterocycles. The molecular weight excluding hydrogens is 406 g/mol. The highest BCUT2D eigenvalue weighted by atomic mass is 32.2. The maximum atomic E-state index is 11.7. The lowest BCUT2D eigenvalue weighted by Crippen LogP contribution is -2.47. The zero-order valence-corrected chi connectivity index (χ0v) is 19.0. The molecule has 2 aliphatic heterocycles. The molecule has 0 saturated heterocycles. The Hall–Kier alpha value is -2.59. The van der Waals surface area contributed by atoms with Crippen LogP contribution in [0.3, 0.4) is 0 Å². The first-order valence-corrected chi connectivity index (χ1v) is 12.5. The fraction of sp³-hybridized carbons (Fsp3) is 0.360. The lowest BCUT2D eigenvalue weighted by Gasteiger charge is -2.42. The molecule has 0 spiro atoms. The third kappa shape index (κ3) is 5.56.